The molecular formula is C12H19NO2S. The van der Waals surface area contributed by atoms with Crippen molar-refractivity contribution in [2.45, 2.75) is 26.8 Å². The Morgan fingerprint density at radius 3 is 2.69 bits per heavy atom. The fraction of sp³-hybridized carbons (Fsp3) is 0.417. The molecule has 90 valence electrons. The first-order valence-corrected chi connectivity index (χ1v) is 5.17. The monoisotopic (exact) mass is 241 g/mol. The third-order valence-corrected chi connectivity index (χ3v) is 1.83. The molecule has 1 amide bonds. The van der Waals surface area contributed by atoms with Gasteiger partial charge in [0.1, 0.15) is 5.75 Å². The zero-order chi connectivity index (χ0) is 11.3. The van der Waals surface area contributed by atoms with Gasteiger partial charge in [0.05, 0.1) is 6.61 Å². The van der Waals surface area contributed by atoms with E-state index in [1.54, 1.807) is 12.1 Å². The largest absolute Gasteiger partial charge is 0.494 e. The summed E-state index contributed by atoms with van der Waals surface area (Å²) in [6.45, 7) is 6.39. The van der Waals surface area contributed by atoms with Gasteiger partial charge in [0.2, 0.25) is 0 Å². The van der Waals surface area contributed by atoms with Gasteiger partial charge in [-0.15, -0.1) is 0 Å². The third kappa shape index (κ3) is 4.57. The van der Waals surface area contributed by atoms with Gasteiger partial charge < -0.3 is 10.1 Å². The number of hydrogen-bond donors (Lipinski definition) is 1. The van der Waals surface area contributed by atoms with Crippen LogP contribution in [0.1, 0.15) is 31.1 Å². The van der Waals surface area contributed by atoms with Crippen molar-refractivity contribution in [3.05, 3.63) is 29.8 Å². The molecule has 4 heteroatoms. The lowest BCUT2D eigenvalue weighted by molar-refractivity contribution is 0.0942. The summed E-state index contributed by atoms with van der Waals surface area (Å²) in [5.74, 6) is 0.667. The fourth-order valence-corrected chi connectivity index (χ4v) is 1.24. The highest BCUT2D eigenvalue weighted by Gasteiger charge is 2.07. The maximum absolute atomic E-state index is 11.6. The molecule has 0 saturated heterocycles. The molecule has 1 rings (SSSR count). The number of amides is 1. The molecule has 0 radical (unpaired) electrons. The minimum atomic E-state index is -0.0634. The molecule has 0 aliphatic carbocycles. The SMILES string of the molecule is CCOc1cccc(C(=O)NC(C)C)c1.S. The van der Waals surface area contributed by atoms with Crippen LogP contribution in [0.25, 0.3) is 0 Å². The van der Waals surface area contributed by atoms with E-state index in [0.717, 1.165) is 5.75 Å². The van der Waals surface area contributed by atoms with Crippen LogP contribution in [-0.2, 0) is 0 Å². The van der Waals surface area contributed by atoms with Gasteiger partial charge >= 0.3 is 0 Å². The minimum absolute atomic E-state index is 0. The molecule has 1 aromatic rings. The topological polar surface area (TPSA) is 38.3 Å². The molecule has 1 aromatic carbocycles. The second-order valence-electron chi connectivity index (χ2n) is 3.59. The van der Waals surface area contributed by atoms with Crippen LogP contribution in [0, 0.1) is 0 Å². The second-order valence-corrected chi connectivity index (χ2v) is 3.59. The molecule has 16 heavy (non-hydrogen) atoms. The summed E-state index contributed by atoms with van der Waals surface area (Å²) in [6, 6.07) is 7.34. The molecule has 0 fully saturated rings. The number of carbonyl (C=O) groups is 1. The Bertz CT molecular complexity index is 340. The number of ether oxygens (including phenoxy) is 1. The lowest BCUT2D eigenvalue weighted by Crippen LogP contribution is -2.30. The number of rotatable bonds is 4. The minimum Gasteiger partial charge on any atom is -0.494 e. The molecule has 1 N–H and O–H groups in total. The summed E-state index contributed by atoms with van der Waals surface area (Å²) < 4.78 is 5.32. The van der Waals surface area contributed by atoms with Crippen molar-refractivity contribution in [3.8, 4) is 5.75 Å². The van der Waals surface area contributed by atoms with E-state index in [-0.39, 0.29) is 25.4 Å². The zero-order valence-electron chi connectivity index (χ0n) is 9.91. The van der Waals surface area contributed by atoms with Crippen LogP contribution >= 0.6 is 13.5 Å². The van der Waals surface area contributed by atoms with Gasteiger partial charge in [0.25, 0.3) is 5.91 Å². The zero-order valence-corrected chi connectivity index (χ0v) is 10.9. The van der Waals surface area contributed by atoms with Gasteiger partial charge in [-0.05, 0) is 39.0 Å². The maximum Gasteiger partial charge on any atom is 0.251 e. The van der Waals surface area contributed by atoms with Crippen LogP contribution in [0.4, 0.5) is 0 Å². The molecular weight excluding hydrogens is 222 g/mol. The van der Waals surface area contributed by atoms with E-state index in [4.69, 9.17) is 4.74 Å². The Morgan fingerprint density at radius 1 is 1.44 bits per heavy atom. The lowest BCUT2D eigenvalue weighted by Gasteiger charge is -2.09. The van der Waals surface area contributed by atoms with E-state index in [0.29, 0.717) is 12.2 Å². The molecule has 0 atom stereocenters. The molecule has 0 aliphatic rings. The van der Waals surface area contributed by atoms with Crippen molar-refractivity contribution in [3.63, 3.8) is 0 Å². The van der Waals surface area contributed by atoms with Crippen LogP contribution in [0.2, 0.25) is 0 Å². The Hall–Kier alpha value is -1.16. The Labute approximate surface area is 104 Å². The van der Waals surface area contributed by atoms with Gasteiger partial charge in [-0.3, -0.25) is 4.79 Å². The standard InChI is InChI=1S/C12H17NO2.H2S/c1-4-15-11-7-5-6-10(8-11)12(14)13-9(2)3;/h5-9H,4H2,1-3H3,(H,13,14);1H2. The first-order chi connectivity index (χ1) is 7.13. The van der Waals surface area contributed by atoms with Gasteiger partial charge in [-0.1, -0.05) is 6.07 Å². The predicted octanol–water partition coefficient (Wildman–Crippen LogP) is 2.34. The Morgan fingerprint density at radius 2 is 2.12 bits per heavy atom. The van der Waals surface area contributed by atoms with E-state index in [1.165, 1.54) is 0 Å². The van der Waals surface area contributed by atoms with Crippen molar-refractivity contribution in [2.75, 3.05) is 6.61 Å². The molecule has 0 spiro atoms. The lowest BCUT2D eigenvalue weighted by atomic mass is 10.2. The quantitative estimate of drug-likeness (QED) is 0.878. The number of carbonyl (C=O) groups excluding carboxylic acids is 1. The van der Waals surface area contributed by atoms with E-state index in [9.17, 15) is 4.79 Å². The van der Waals surface area contributed by atoms with Crippen molar-refractivity contribution >= 4 is 19.4 Å². The predicted molar refractivity (Wildman–Crippen MR) is 70.6 cm³/mol. The van der Waals surface area contributed by atoms with E-state index in [1.807, 2.05) is 32.9 Å². The van der Waals surface area contributed by atoms with Crippen LogP contribution in [0.3, 0.4) is 0 Å². The number of hydrogen-bond acceptors (Lipinski definition) is 2. The van der Waals surface area contributed by atoms with E-state index < -0.39 is 0 Å². The molecule has 0 unspecified atom stereocenters. The maximum atomic E-state index is 11.6. The van der Waals surface area contributed by atoms with Gasteiger partial charge in [-0.25, -0.2) is 0 Å². The highest BCUT2D eigenvalue weighted by Crippen LogP contribution is 2.13. The summed E-state index contributed by atoms with van der Waals surface area (Å²) in [4.78, 5) is 11.6. The average Bonchev–Trinajstić information content (AvgIpc) is 2.17. The molecule has 3 nitrogen and oxygen atoms in total. The second kappa shape index (κ2) is 7.17. The molecule has 0 bridgehead atoms. The summed E-state index contributed by atoms with van der Waals surface area (Å²) >= 11 is 0. The summed E-state index contributed by atoms with van der Waals surface area (Å²) in [5, 5.41) is 2.83. The van der Waals surface area contributed by atoms with Crippen molar-refractivity contribution < 1.29 is 9.53 Å². The van der Waals surface area contributed by atoms with Crippen LogP contribution in [0.15, 0.2) is 24.3 Å². The molecule has 0 saturated carbocycles. The number of benzene rings is 1. The summed E-state index contributed by atoms with van der Waals surface area (Å²) in [7, 11) is 0. The third-order valence-electron chi connectivity index (χ3n) is 1.83. The number of nitrogens with one attached hydrogen (secondary N) is 1. The first-order valence-electron chi connectivity index (χ1n) is 5.17. The smallest absolute Gasteiger partial charge is 0.251 e. The fourth-order valence-electron chi connectivity index (χ4n) is 1.24. The van der Waals surface area contributed by atoms with Gasteiger partial charge in [0, 0.05) is 11.6 Å². The van der Waals surface area contributed by atoms with Gasteiger partial charge in [-0.2, -0.15) is 13.5 Å². The van der Waals surface area contributed by atoms with Gasteiger partial charge in [0.15, 0.2) is 0 Å². The highest BCUT2D eigenvalue weighted by molar-refractivity contribution is 7.59. The first kappa shape index (κ1) is 14.8. The molecule has 0 aromatic heterocycles. The summed E-state index contributed by atoms with van der Waals surface area (Å²) in [5.41, 5.74) is 0.634. The average molecular weight is 241 g/mol. The van der Waals surface area contributed by atoms with E-state index >= 15 is 0 Å². The normalized spacial score (nSPS) is 9.50. The molecule has 0 heterocycles. The Kier molecular flexibility index (Phi) is 6.65. The highest BCUT2D eigenvalue weighted by atomic mass is 32.1. The van der Waals surface area contributed by atoms with Crippen molar-refractivity contribution in [1.29, 1.82) is 0 Å². The van der Waals surface area contributed by atoms with Crippen LogP contribution < -0.4 is 10.1 Å². The van der Waals surface area contributed by atoms with Crippen LogP contribution in [0.5, 0.6) is 5.75 Å². The Balaban J connectivity index is 0.00000225. The van der Waals surface area contributed by atoms with Crippen molar-refractivity contribution in [2.24, 2.45) is 0 Å². The van der Waals surface area contributed by atoms with Crippen molar-refractivity contribution in [1.82, 2.24) is 5.32 Å². The molecule has 0 aliphatic heterocycles. The summed E-state index contributed by atoms with van der Waals surface area (Å²) in [6.07, 6.45) is 0. The van der Waals surface area contributed by atoms with Crippen LogP contribution in [-0.4, -0.2) is 18.6 Å². The van der Waals surface area contributed by atoms with E-state index in [2.05, 4.69) is 5.32 Å².